The Kier molecular flexibility index (Phi) is 3.07. The Balaban J connectivity index is 1.70. The van der Waals surface area contributed by atoms with Gasteiger partial charge in [0, 0.05) is 24.7 Å². The Morgan fingerprint density at radius 3 is 2.94 bits per heavy atom. The van der Waals surface area contributed by atoms with E-state index >= 15 is 0 Å². The van der Waals surface area contributed by atoms with Crippen LogP contribution in [0.5, 0.6) is 0 Å². The highest BCUT2D eigenvalue weighted by atomic mass is 16.5. The lowest BCUT2D eigenvalue weighted by molar-refractivity contribution is 0.0718. The van der Waals surface area contributed by atoms with Crippen LogP contribution in [0.2, 0.25) is 0 Å². The van der Waals surface area contributed by atoms with Crippen LogP contribution in [0, 0.1) is 6.92 Å². The molecule has 0 aromatic carbocycles. The lowest BCUT2D eigenvalue weighted by atomic mass is 10.2. The topological polar surface area (TPSA) is 58.4 Å². The molecule has 3 rings (SSSR count). The number of hydrogen-bond donors (Lipinski definition) is 1. The number of nitrogens with zero attached hydrogens (tertiary/aromatic N) is 2. The third-order valence-corrected chi connectivity index (χ3v) is 3.68. The average Bonchev–Trinajstić information content (AvgIpc) is 2.88. The highest BCUT2D eigenvalue weighted by Gasteiger charge is 2.35. The van der Waals surface area contributed by atoms with Gasteiger partial charge in [-0.3, -0.25) is 4.79 Å². The van der Waals surface area contributed by atoms with Crippen LogP contribution in [0.4, 0.5) is 0 Å². The summed E-state index contributed by atoms with van der Waals surface area (Å²) in [7, 11) is 0. The molecule has 0 bridgehead atoms. The molecule has 2 fully saturated rings. The summed E-state index contributed by atoms with van der Waals surface area (Å²) in [6, 6.07) is 2.58. The van der Waals surface area contributed by atoms with Gasteiger partial charge in [-0.25, -0.2) is 0 Å². The van der Waals surface area contributed by atoms with Gasteiger partial charge in [-0.05, 0) is 39.2 Å². The number of carbonyl (C=O) groups excluding carboxylic acids is 1. The number of hydrogen-bond acceptors (Lipinski definition) is 4. The summed E-state index contributed by atoms with van der Waals surface area (Å²) in [4.78, 5) is 14.4. The predicted molar refractivity (Wildman–Crippen MR) is 66.3 cm³/mol. The van der Waals surface area contributed by atoms with Crippen molar-refractivity contribution in [2.75, 3.05) is 13.1 Å². The second-order valence-corrected chi connectivity index (χ2v) is 5.30. The molecule has 1 N–H and O–H groups in total. The summed E-state index contributed by atoms with van der Waals surface area (Å²) < 4.78 is 4.99. The molecule has 1 aliphatic carbocycles. The number of aromatic nitrogens is 1. The Hall–Kier alpha value is -1.36. The maximum atomic E-state index is 12.4. The van der Waals surface area contributed by atoms with Gasteiger partial charge in [0.15, 0.2) is 5.69 Å². The van der Waals surface area contributed by atoms with Crippen LogP contribution >= 0.6 is 0 Å². The van der Waals surface area contributed by atoms with E-state index in [1.165, 1.54) is 6.42 Å². The molecule has 1 aromatic heterocycles. The molecule has 1 saturated carbocycles. The molecule has 1 saturated heterocycles. The predicted octanol–water partition coefficient (Wildman–Crippen LogP) is 1.34. The van der Waals surface area contributed by atoms with Crippen LogP contribution in [0.15, 0.2) is 10.6 Å². The minimum atomic E-state index is 0.0167. The van der Waals surface area contributed by atoms with E-state index < -0.39 is 0 Å². The highest BCUT2D eigenvalue weighted by molar-refractivity contribution is 5.92. The van der Waals surface area contributed by atoms with Gasteiger partial charge in [0.05, 0.1) is 0 Å². The monoisotopic (exact) mass is 249 g/mol. The first kappa shape index (κ1) is 11.7. The Morgan fingerprint density at radius 2 is 2.39 bits per heavy atom. The maximum Gasteiger partial charge on any atom is 0.276 e. The van der Waals surface area contributed by atoms with Crippen LogP contribution in [0.25, 0.3) is 0 Å². The number of amides is 1. The minimum absolute atomic E-state index is 0.0167. The Bertz CT molecular complexity index is 433. The number of nitrogens with one attached hydrogen (secondary N) is 1. The van der Waals surface area contributed by atoms with Crippen molar-refractivity contribution in [1.82, 2.24) is 15.4 Å². The SMILES string of the molecule is Cc1cc(C(=O)N(C[C@@H]2CCCN2)C2CC2)no1. The summed E-state index contributed by atoms with van der Waals surface area (Å²) in [6.07, 6.45) is 4.61. The normalized spacial score (nSPS) is 23.3. The van der Waals surface area contributed by atoms with Crippen molar-refractivity contribution in [2.24, 2.45) is 0 Å². The molecule has 0 unspecified atom stereocenters. The first-order valence-corrected chi connectivity index (χ1v) is 6.72. The van der Waals surface area contributed by atoms with E-state index in [1.54, 1.807) is 6.07 Å². The van der Waals surface area contributed by atoms with Gasteiger partial charge in [0.25, 0.3) is 5.91 Å². The smallest absolute Gasteiger partial charge is 0.276 e. The molecule has 1 amide bonds. The summed E-state index contributed by atoms with van der Waals surface area (Å²) >= 11 is 0. The fourth-order valence-electron chi connectivity index (χ4n) is 2.55. The van der Waals surface area contributed by atoms with Crippen LogP contribution in [-0.2, 0) is 0 Å². The zero-order chi connectivity index (χ0) is 12.5. The largest absolute Gasteiger partial charge is 0.361 e. The third-order valence-electron chi connectivity index (χ3n) is 3.68. The van der Waals surface area contributed by atoms with E-state index in [2.05, 4.69) is 10.5 Å². The second-order valence-electron chi connectivity index (χ2n) is 5.30. The van der Waals surface area contributed by atoms with Crippen LogP contribution in [0.3, 0.4) is 0 Å². The Morgan fingerprint density at radius 1 is 1.56 bits per heavy atom. The molecule has 98 valence electrons. The maximum absolute atomic E-state index is 12.4. The summed E-state index contributed by atoms with van der Waals surface area (Å²) in [5, 5.41) is 7.28. The number of carbonyl (C=O) groups is 1. The van der Waals surface area contributed by atoms with E-state index in [-0.39, 0.29) is 5.91 Å². The van der Waals surface area contributed by atoms with E-state index in [1.807, 2.05) is 11.8 Å². The van der Waals surface area contributed by atoms with Crippen molar-refractivity contribution in [3.8, 4) is 0 Å². The number of aryl methyl sites for hydroxylation is 1. The quantitative estimate of drug-likeness (QED) is 0.875. The summed E-state index contributed by atoms with van der Waals surface area (Å²) in [5.74, 6) is 0.705. The van der Waals surface area contributed by atoms with E-state index in [4.69, 9.17) is 4.52 Å². The van der Waals surface area contributed by atoms with Crippen molar-refractivity contribution in [2.45, 2.75) is 44.7 Å². The lowest BCUT2D eigenvalue weighted by Gasteiger charge is -2.24. The molecule has 1 atom stereocenters. The van der Waals surface area contributed by atoms with Crippen molar-refractivity contribution in [3.05, 3.63) is 17.5 Å². The van der Waals surface area contributed by atoms with Crippen LogP contribution in [-0.4, -0.2) is 41.1 Å². The first-order chi connectivity index (χ1) is 8.74. The van der Waals surface area contributed by atoms with Crippen LogP contribution in [0.1, 0.15) is 41.9 Å². The zero-order valence-corrected chi connectivity index (χ0v) is 10.7. The molecule has 0 radical (unpaired) electrons. The summed E-state index contributed by atoms with van der Waals surface area (Å²) in [6.45, 7) is 3.68. The fourth-order valence-corrected chi connectivity index (χ4v) is 2.55. The van der Waals surface area contributed by atoms with Crippen molar-refractivity contribution >= 4 is 5.91 Å². The van der Waals surface area contributed by atoms with Gasteiger partial charge in [-0.15, -0.1) is 0 Å². The molecule has 18 heavy (non-hydrogen) atoms. The molecule has 2 aliphatic rings. The van der Waals surface area contributed by atoms with Gasteiger partial charge < -0.3 is 14.7 Å². The minimum Gasteiger partial charge on any atom is -0.361 e. The van der Waals surface area contributed by atoms with Crippen LogP contribution < -0.4 is 5.32 Å². The second kappa shape index (κ2) is 4.72. The zero-order valence-electron chi connectivity index (χ0n) is 10.7. The van der Waals surface area contributed by atoms with E-state index in [0.29, 0.717) is 23.5 Å². The first-order valence-electron chi connectivity index (χ1n) is 6.72. The molecule has 5 heteroatoms. The molecular formula is C13H19N3O2. The van der Waals surface area contributed by atoms with Gasteiger partial charge in [-0.1, -0.05) is 5.16 Å². The lowest BCUT2D eigenvalue weighted by Crippen LogP contribution is -2.42. The van der Waals surface area contributed by atoms with Gasteiger partial charge in [-0.2, -0.15) is 0 Å². The molecule has 5 nitrogen and oxygen atoms in total. The van der Waals surface area contributed by atoms with Crippen molar-refractivity contribution in [1.29, 1.82) is 0 Å². The van der Waals surface area contributed by atoms with Crippen molar-refractivity contribution < 1.29 is 9.32 Å². The Labute approximate surface area is 107 Å². The fraction of sp³-hybridized carbons (Fsp3) is 0.692. The van der Waals surface area contributed by atoms with E-state index in [0.717, 1.165) is 32.4 Å². The molecular weight excluding hydrogens is 230 g/mol. The van der Waals surface area contributed by atoms with Gasteiger partial charge >= 0.3 is 0 Å². The van der Waals surface area contributed by atoms with E-state index in [9.17, 15) is 4.79 Å². The third kappa shape index (κ3) is 2.41. The number of rotatable bonds is 4. The standard InChI is InChI=1S/C13H19N3O2/c1-9-7-12(15-18-9)13(17)16(11-4-5-11)8-10-3-2-6-14-10/h7,10-11,14H,2-6,8H2,1H3/t10-/m0/s1. The molecule has 2 heterocycles. The van der Waals surface area contributed by atoms with Gasteiger partial charge in [0.1, 0.15) is 5.76 Å². The molecule has 1 aliphatic heterocycles. The molecule has 0 spiro atoms. The van der Waals surface area contributed by atoms with Crippen molar-refractivity contribution in [3.63, 3.8) is 0 Å². The summed E-state index contributed by atoms with van der Waals surface area (Å²) in [5.41, 5.74) is 0.442. The molecule has 1 aromatic rings. The van der Waals surface area contributed by atoms with Gasteiger partial charge in [0.2, 0.25) is 0 Å². The average molecular weight is 249 g/mol. The highest BCUT2D eigenvalue weighted by Crippen LogP contribution is 2.29.